The van der Waals surface area contributed by atoms with Gasteiger partial charge >= 0.3 is 0 Å². The zero-order valence-corrected chi connectivity index (χ0v) is 17.3. The number of nitrogens with zero attached hydrogens (tertiary/aromatic N) is 1. The normalized spacial score (nSPS) is 14.4. The number of phenolic OH excluding ortho intramolecular Hbond substituents is 1. The van der Waals surface area contributed by atoms with Crippen molar-refractivity contribution >= 4 is 27.5 Å². The van der Waals surface area contributed by atoms with Crippen LogP contribution in [-0.4, -0.2) is 49.3 Å². The molecule has 1 heterocycles. The van der Waals surface area contributed by atoms with Crippen LogP contribution in [-0.2, 0) is 26.0 Å². The second-order valence-corrected chi connectivity index (χ2v) is 9.04. The molecule has 1 aliphatic rings. The fourth-order valence-corrected chi connectivity index (χ4v) is 4.77. The number of anilines is 1. The maximum atomic E-state index is 12.7. The Bertz CT molecular complexity index is 1000. The molecule has 1 fully saturated rings. The maximum absolute atomic E-state index is 12.7. The van der Waals surface area contributed by atoms with Crippen molar-refractivity contribution in [2.75, 3.05) is 25.0 Å². The topological polar surface area (TPSA) is 116 Å². The van der Waals surface area contributed by atoms with Crippen LogP contribution in [0.4, 0.5) is 5.69 Å². The van der Waals surface area contributed by atoms with Gasteiger partial charge in [-0.1, -0.05) is 30.3 Å². The largest absolute Gasteiger partial charge is 0.506 e. The molecule has 0 radical (unpaired) electrons. The number of rotatable bonds is 8. The minimum Gasteiger partial charge on any atom is -0.506 e. The second-order valence-electron chi connectivity index (χ2n) is 7.10. The molecule has 160 valence electrons. The number of hydrogen-bond acceptors (Lipinski definition) is 5. The number of amides is 2. The Morgan fingerprint density at radius 3 is 2.40 bits per heavy atom. The summed E-state index contributed by atoms with van der Waals surface area (Å²) in [6.07, 6.45) is 1.84. The van der Waals surface area contributed by atoms with Crippen molar-refractivity contribution in [2.24, 2.45) is 0 Å². The first-order chi connectivity index (χ1) is 14.4. The highest BCUT2D eigenvalue weighted by atomic mass is 32.2. The third kappa shape index (κ3) is 5.58. The van der Waals surface area contributed by atoms with Crippen molar-refractivity contribution in [2.45, 2.75) is 30.6 Å². The molecule has 1 saturated heterocycles. The molecule has 0 saturated carbocycles. The lowest BCUT2D eigenvalue weighted by Gasteiger charge is -2.16. The summed E-state index contributed by atoms with van der Waals surface area (Å²) in [6, 6.07) is 13.1. The lowest BCUT2D eigenvalue weighted by atomic mass is 10.1. The fourth-order valence-electron chi connectivity index (χ4n) is 3.23. The molecular formula is C21H25N3O5S. The first kappa shape index (κ1) is 21.8. The summed E-state index contributed by atoms with van der Waals surface area (Å²) >= 11 is 0. The molecule has 8 nitrogen and oxygen atoms in total. The fraction of sp³-hybridized carbons (Fsp3) is 0.333. The van der Waals surface area contributed by atoms with Gasteiger partial charge in [0.15, 0.2) is 0 Å². The summed E-state index contributed by atoms with van der Waals surface area (Å²) in [5.74, 6) is -0.867. The molecule has 2 aromatic carbocycles. The van der Waals surface area contributed by atoms with E-state index in [0.29, 0.717) is 13.1 Å². The third-order valence-electron chi connectivity index (χ3n) is 4.83. The molecule has 0 unspecified atom stereocenters. The van der Waals surface area contributed by atoms with Gasteiger partial charge in [0.1, 0.15) is 5.75 Å². The van der Waals surface area contributed by atoms with Gasteiger partial charge in [-0.05, 0) is 36.6 Å². The van der Waals surface area contributed by atoms with E-state index in [-0.39, 0.29) is 41.6 Å². The Balaban J connectivity index is 1.54. The number of benzene rings is 2. The number of carbonyl (C=O) groups excluding carboxylic acids is 2. The summed E-state index contributed by atoms with van der Waals surface area (Å²) < 4.78 is 26.7. The molecule has 0 aliphatic carbocycles. The van der Waals surface area contributed by atoms with Crippen molar-refractivity contribution in [1.29, 1.82) is 0 Å². The molecule has 30 heavy (non-hydrogen) atoms. The zero-order chi connectivity index (χ0) is 21.6. The van der Waals surface area contributed by atoms with Gasteiger partial charge in [0, 0.05) is 26.1 Å². The van der Waals surface area contributed by atoms with Crippen molar-refractivity contribution in [1.82, 2.24) is 9.62 Å². The molecule has 3 rings (SSSR count). The van der Waals surface area contributed by atoms with E-state index in [4.69, 9.17) is 0 Å². The molecule has 0 aromatic heterocycles. The average molecular weight is 432 g/mol. The quantitative estimate of drug-likeness (QED) is 0.552. The Labute approximate surface area is 176 Å². The van der Waals surface area contributed by atoms with E-state index in [1.165, 1.54) is 22.5 Å². The highest BCUT2D eigenvalue weighted by Gasteiger charge is 2.27. The van der Waals surface area contributed by atoms with Crippen LogP contribution in [0.2, 0.25) is 0 Å². The second kappa shape index (κ2) is 9.73. The highest BCUT2D eigenvalue weighted by Crippen LogP contribution is 2.29. The Morgan fingerprint density at radius 1 is 1.00 bits per heavy atom. The minimum absolute atomic E-state index is 0.0108. The molecule has 2 amide bonds. The Morgan fingerprint density at radius 2 is 1.70 bits per heavy atom. The number of sulfonamides is 1. The van der Waals surface area contributed by atoms with Gasteiger partial charge in [0.25, 0.3) is 0 Å². The standard InChI is InChI=1S/C21H25N3O5S/c25-19-9-8-17(30(28,29)24-12-4-5-13-24)15-18(19)23-20(26)10-11-22-21(27)14-16-6-2-1-3-7-16/h1-3,6-9,15,25H,4-5,10-14H2,(H,22,27)(H,23,26). The van der Waals surface area contributed by atoms with Crippen LogP contribution in [0.25, 0.3) is 0 Å². The van der Waals surface area contributed by atoms with E-state index in [1.54, 1.807) is 0 Å². The minimum atomic E-state index is -3.66. The SMILES string of the molecule is O=C(Cc1ccccc1)NCCC(=O)Nc1cc(S(=O)(=O)N2CCCC2)ccc1O. The maximum Gasteiger partial charge on any atom is 0.243 e. The van der Waals surface area contributed by atoms with Crippen molar-refractivity contribution in [3.8, 4) is 5.75 Å². The zero-order valence-electron chi connectivity index (χ0n) is 16.5. The lowest BCUT2D eigenvalue weighted by molar-refractivity contribution is -0.120. The van der Waals surface area contributed by atoms with Crippen LogP contribution in [0.5, 0.6) is 5.75 Å². The van der Waals surface area contributed by atoms with E-state index >= 15 is 0 Å². The van der Waals surface area contributed by atoms with Crippen molar-refractivity contribution < 1.29 is 23.1 Å². The first-order valence-electron chi connectivity index (χ1n) is 9.80. The molecule has 1 aliphatic heterocycles. The van der Waals surface area contributed by atoms with Crippen molar-refractivity contribution in [3.63, 3.8) is 0 Å². The molecular weight excluding hydrogens is 406 g/mol. The van der Waals surface area contributed by atoms with Gasteiger partial charge in [-0.3, -0.25) is 9.59 Å². The van der Waals surface area contributed by atoms with Gasteiger partial charge in [-0.25, -0.2) is 8.42 Å². The predicted octanol–water partition coefficient (Wildman–Crippen LogP) is 1.86. The number of carbonyl (C=O) groups is 2. The summed E-state index contributed by atoms with van der Waals surface area (Å²) in [5, 5.41) is 15.2. The van der Waals surface area contributed by atoms with Crippen LogP contribution < -0.4 is 10.6 Å². The van der Waals surface area contributed by atoms with Gasteiger partial charge in [-0.2, -0.15) is 4.31 Å². The van der Waals surface area contributed by atoms with E-state index in [9.17, 15) is 23.1 Å². The number of nitrogens with one attached hydrogen (secondary N) is 2. The van der Waals surface area contributed by atoms with Gasteiger partial charge in [0.2, 0.25) is 21.8 Å². The predicted molar refractivity (Wildman–Crippen MR) is 113 cm³/mol. The summed E-state index contributed by atoms with van der Waals surface area (Å²) in [5.41, 5.74) is 0.899. The Hall–Kier alpha value is -2.91. The van der Waals surface area contributed by atoms with E-state index in [0.717, 1.165) is 18.4 Å². The summed E-state index contributed by atoms with van der Waals surface area (Å²) in [7, 11) is -3.66. The Kier molecular flexibility index (Phi) is 7.07. The van der Waals surface area contributed by atoms with E-state index in [1.807, 2.05) is 30.3 Å². The lowest BCUT2D eigenvalue weighted by Crippen LogP contribution is -2.29. The highest BCUT2D eigenvalue weighted by molar-refractivity contribution is 7.89. The number of hydrogen-bond donors (Lipinski definition) is 3. The van der Waals surface area contributed by atoms with Crippen LogP contribution in [0, 0.1) is 0 Å². The molecule has 0 spiro atoms. The van der Waals surface area contributed by atoms with Crippen LogP contribution in [0.15, 0.2) is 53.4 Å². The smallest absolute Gasteiger partial charge is 0.243 e. The van der Waals surface area contributed by atoms with E-state index < -0.39 is 15.9 Å². The van der Waals surface area contributed by atoms with Gasteiger partial charge in [0.05, 0.1) is 17.0 Å². The third-order valence-corrected chi connectivity index (χ3v) is 6.72. The van der Waals surface area contributed by atoms with Gasteiger partial charge in [-0.15, -0.1) is 0 Å². The average Bonchev–Trinajstić information content (AvgIpc) is 3.26. The number of phenols is 1. The molecule has 3 N–H and O–H groups in total. The van der Waals surface area contributed by atoms with Crippen molar-refractivity contribution in [3.05, 3.63) is 54.1 Å². The molecule has 0 bridgehead atoms. The van der Waals surface area contributed by atoms with Crippen LogP contribution >= 0.6 is 0 Å². The first-order valence-corrected chi connectivity index (χ1v) is 11.2. The number of aromatic hydroxyl groups is 1. The van der Waals surface area contributed by atoms with Crippen LogP contribution in [0.3, 0.4) is 0 Å². The van der Waals surface area contributed by atoms with Gasteiger partial charge < -0.3 is 15.7 Å². The molecule has 2 aromatic rings. The molecule has 0 atom stereocenters. The van der Waals surface area contributed by atoms with E-state index in [2.05, 4.69) is 10.6 Å². The summed E-state index contributed by atoms with van der Waals surface area (Å²) in [6.45, 7) is 1.06. The summed E-state index contributed by atoms with van der Waals surface area (Å²) in [4.78, 5) is 24.1. The molecule has 9 heteroatoms. The van der Waals surface area contributed by atoms with Crippen LogP contribution in [0.1, 0.15) is 24.8 Å². The monoisotopic (exact) mass is 431 g/mol.